The molecule has 0 spiro atoms. The highest BCUT2D eigenvalue weighted by atomic mass is 14.9. The van der Waals surface area contributed by atoms with Crippen LogP contribution in [0.2, 0.25) is 0 Å². The molecule has 3 heteroatoms. The van der Waals surface area contributed by atoms with E-state index < -0.39 is 0 Å². The van der Waals surface area contributed by atoms with E-state index in [-0.39, 0.29) is 0 Å². The molecule has 0 fully saturated rings. The van der Waals surface area contributed by atoms with Crippen molar-refractivity contribution >= 4 is 16.6 Å². The van der Waals surface area contributed by atoms with E-state index in [0.717, 1.165) is 35.4 Å². The molecular formula is C16H14N3. The Labute approximate surface area is 111 Å². The fourth-order valence-electron chi connectivity index (χ4n) is 2.92. The van der Waals surface area contributed by atoms with E-state index in [9.17, 15) is 0 Å². The zero-order valence-corrected chi connectivity index (χ0v) is 10.5. The molecule has 3 aromatic rings. The first-order chi connectivity index (χ1) is 9.34. The summed E-state index contributed by atoms with van der Waals surface area (Å²) in [5.41, 5.74) is 6.63. The highest BCUT2D eigenvalue weighted by molar-refractivity contribution is 5.98. The first-order valence-electron chi connectivity index (χ1n) is 6.48. The molecular weight excluding hydrogens is 234 g/mol. The Hall–Kier alpha value is -2.42. The molecule has 3 heterocycles. The monoisotopic (exact) mass is 248 g/mol. The van der Waals surface area contributed by atoms with Crippen molar-refractivity contribution in [2.45, 2.75) is 6.42 Å². The van der Waals surface area contributed by atoms with Gasteiger partial charge in [-0.1, -0.05) is 12.1 Å². The second-order valence-corrected chi connectivity index (χ2v) is 4.88. The third-order valence-corrected chi connectivity index (χ3v) is 3.78. The topological polar surface area (TPSA) is 43.6 Å². The Bertz CT molecular complexity index is 763. The van der Waals surface area contributed by atoms with Gasteiger partial charge in [0.1, 0.15) is 0 Å². The van der Waals surface area contributed by atoms with Crippen molar-refractivity contribution in [3.63, 3.8) is 0 Å². The number of hydrogen-bond donors (Lipinski definition) is 3. The molecule has 0 saturated heterocycles. The Balaban J connectivity index is 2.10. The van der Waals surface area contributed by atoms with E-state index in [0.29, 0.717) is 0 Å². The largest absolute Gasteiger partial charge is 0.384 e. The molecule has 0 amide bonds. The minimum atomic E-state index is 0.765. The number of rotatable bonds is 1. The van der Waals surface area contributed by atoms with Crippen LogP contribution >= 0.6 is 0 Å². The Morgan fingerprint density at radius 1 is 1.11 bits per heavy atom. The number of aromatic amines is 2. The van der Waals surface area contributed by atoms with E-state index >= 15 is 0 Å². The van der Waals surface area contributed by atoms with Crippen molar-refractivity contribution in [3.05, 3.63) is 54.2 Å². The molecule has 3 nitrogen and oxygen atoms in total. The number of benzene rings is 1. The molecule has 3 N–H and O–H groups in total. The van der Waals surface area contributed by atoms with Gasteiger partial charge in [0.05, 0.1) is 11.4 Å². The summed E-state index contributed by atoms with van der Waals surface area (Å²) in [6, 6.07) is 10.3. The van der Waals surface area contributed by atoms with Gasteiger partial charge in [0.15, 0.2) is 0 Å². The minimum Gasteiger partial charge on any atom is -0.384 e. The second kappa shape index (κ2) is 3.79. The molecule has 1 aliphatic heterocycles. The summed E-state index contributed by atoms with van der Waals surface area (Å²) in [6.07, 6.45) is 2.91. The van der Waals surface area contributed by atoms with Crippen LogP contribution < -0.4 is 5.32 Å². The molecule has 0 unspecified atom stereocenters. The standard InChI is InChI=1S/C16H14N3/c1-10-11-4-2-5-13-15(11)12(7-9-17-10)16(19-13)14-6-3-8-18-14/h1-6,8,17-19H,7,9H2. The minimum absolute atomic E-state index is 0.765. The highest BCUT2D eigenvalue weighted by Gasteiger charge is 2.19. The van der Waals surface area contributed by atoms with E-state index in [1.54, 1.807) is 0 Å². The van der Waals surface area contributed by atoms with Crippen molar-refractivity contribution in [2.24, 2.45) is 0 Å². The van der Waals surface area contributed by atoms with Crippen LogP contribution in [0.25, 0.3) is 28.0 Å². The average molecular weight is 248 g/mol. The average Bonchev–Trinajstić information content (AvgIpc) is 3.01. The van der Waals surface area contributed by atoms with E-state index in [1.807, 2.05) is 18.3 Å². The Morgan fingerprint density at radius 3 is 2.89 bits per heavy atom. The molecule has 2 aromatic heterocycles. The van der Waals surface area contributed by atoms with E-state index in [1.165, 1.54) is 16.6 Å². The highest BCUT2D eigenvalue weighted by Crippen LogP contribution is 2.35. The van der Waals surface area contributed by atoms with Gasteiger partial charge in [0, 0.05) is 34.9 Å². The van der Waals surface area contributed by atoms with Crippen LogP contribution in [0.5, 0.6) is 0 Å². The number of hydrogen-bond acceptors (Lipinski definition) is 1. The summed E-state index contributed by atoms with van der Waals surface area (Å²) < 4.78 is 0. The summed E-state index contributed by atoms with van der Waals surface area (Å²) in [7, 11) is 0. The van der Waals surface area contributed by atoms with Crippen LogP contribution in [0.3, 0.4) is 0 Å². The molecule has 1 aromatic carbocycles. The smallest absolute Gasteiger partial charge is 0.0663 e. The molecule has 0 saturated carbocycles. The summed E-state index contributed by atoms with van der Waals surface area (Å²) in [5, 5.41) is 4.53. The SMILES string of the molecule is [CH]=C1NCCc2c(-c3ccc[nH]3)[nH]c3cccc1c23. The summed E-state index contributed by atoms with van der Waals surface area (Å²) in [5.74, 6) is 0. The van der Waals surface area contributed by atoms with Crippen LogP contribution in [-0.4, -0.2) is 16.5 Å². The summed E-state index contributed by atoms with van der Waals surface area (Å²) >= 11 is 0. The lowest BCUT2D eigenvalue weighted by atomic mass is 10.0. The molecule has 0 atom stereocenters. The van der Waals surface area contributed by atoms with Crippen molar-refractivity contribution in [3.8, 4) is 11.4 Å². The zero-order chi connectivity index (χ0) is 12.8. The van der Waals surface area contributed by atoms with Gasteiger partial charge in [-0.25, -0.2) is 0 Å². The maximum absolute atomic E-state index is 6.12. The van der Waals surface area contributed by atoms with Gasteiger partial charge in [-0.05, 0) is 36.8 Å². The molecule has 0 aliphatic carbocycles. The molecule has 4 rings (SSSR count). The maximum Gasteiger partial charge on any atom is 0.0663 e. The van der Waals surface area contributed by atoms with Gasteiger partial charge in [-0.2, -0.15) is 0 Å². The zero-order valence-electron chi connectivity index (χ0n) is 10.5. The van der Waals surface area contributed by atoms with Gasteiger partial charge >= 0.3 is 0 Å². The van der Waals surface area contributed by atoms with Crippen LogP contribution in [0, 0.1) is 6.58 Å². The van der Waals surface area contributed by atoms with Crippen molar-refractivity contribution in [1.29, 1.82) is 0 Å². The molecule has 1 aliphatic rings. The number of nitrogens with one attached hydrogen (secondary N) is 3. The molecule has 1 radical (unpaired) electrons. The lowest BCUT2D eigenvalue weighted by Crippen LogP contribution is -2.12. The summed E-state index contributed by atoms with van der Waals surface area (Å²) in [6.45, 7) is 6.98. The third kappa shape index (κ3) is 1.45. The molecule has 0 bridgehead atoms. The predicted molar refractivity (Wildman–Crippen MR) is 77.5 cm³/mol. The van der Waals surface area contributed by atoms with Gasteiger partial charge in [-0.15, -0.1) is 0 Å². The first kappa shape index (κ1) is 10.5. The van der Waals surface area contributed by atoms with Crippen LogP contribution in [0.4, 0.5) is 0 Å². The Morgan fingerprint density at radius 2 is 2.05 bits per heavy atom. The van der Waals surface area contributed by atoms with Gasteiger partial charge in [0.2, 0.25) is 0 Å². The van der Waals surface area contributed by atoms with Gasteiger partial charge < -0.3 is 15.3 Å². The van der Waals surface area contributed by atoms with Crippen molar-refractivity contribution in [2.75, 3.05) is 6.54 Å². The van der Waals surface area contributed by atoms with Gasteiger partial charge in [0.25, 0.3) is 0 Å². The lowest BCUT2D eigenvalue weighted by Gasteiger charge is -2.05. The molecule has 19 heavy (non-hydrogen) atoms. The third-order valence-electron chi connectivity index (χ3n) is 3.78. The van der Waals surface area contributed by atoms with Gasteiger partial charge in [-0.3, -0.25) is 0 Å². The number of aromatic nitrogens is 2. The lowest BCUT2D eigenvalue weighted by molar-refractivity contribution is 0.862. The second-order valence-electron chi connectivity index (χ2n) is 4.88. The maximum atomic E-state index is 6.12. The Kier molecular flexibility index (Phi) is 2.09. The fourth-order valence-corrected chi connectivity index (χ4v) is 2.92. The molecule has 93 valence electrons. The van der Waals surface area contributed by atoms with E-state index in [2.05, 4.69) is 33.5 Å². The van der Waals surface area contributed by atoms with Crippen molar-refractivity contribution < 1.29 is 0 Å². The normalized spacial score (nSPS) is 14.4. The quantitative estimate of drug-likeness (QED) is 0.608. The van der Waals surface area contributed by atoms with Crippen LogP contribution in [-0.2, 0) is 6.42 Å². The fraction of sp³-hybridized carbons (Fsp3) is 0.125. The predicted octanol–water partition coefficient (Wildman–Crippen LogP) is 3.08. The van der Waals surface area contributed by atoms with Crippen LogP contribution in [0.1, 0.15) is 11.1 Å². The number of H-pyrrole nitrogens is 2. The van der Waals surface area contributed by atoms with Crippen molar-refractivity contribution in [1.82, 2.24) is 15.3 Å². The summed E-state index contributed by atoms with van der Waals surface area (Å²) in [4.78, 5) is 6.79. The first-order valence-corrected chi connectivity index (χ1v) is 6.48. The van der Waals surface area contributed by atoms with E-state index in [4.69, 9.17) is 6.58 Å². The van der Waals surface area contributed by atoms with Crippen LogP contribution in [0.15, 0.2) is 36.5 Å².